The maximum atomic E-state index is 13.7. The molecule has 1 heterocycles. The van der Waals surface area contributed by atoms with Crippen LogP contribution in [-0.2, 0) is 11.4 Å². The van der Waals surface area contributed by atoms with Crippen molar-refractivity contribution >= 4 is 28.7 Å². The van der Waals surface area contributed by atoms with Crippen molar-refractivity contribution in [3.05, 3.63) is 137 Å². The fourth-order valence-electron chi connectivity index (χ4n) is 4.44. The summed E-state index contributed by atoms with van der Waals surface area (Å²) < 4.78 is 12.3. The van der Waals surface area contributed by atoms with Crippen molar-refractivity contribution in [1.82, 2.24) is 4.98 Å². The highest BCUT2D eigenvalue weighted by molar-refractivity contribution is 6.13. The minimum Gasteiger partial charge on any atom is -0.489 e. The fourth-order valence-corrected chi connectivity index (χ4v) is 4.44. The van der Waals surface area contributed by atoms with Crippen molar-refractivity contribution in [2.75, 3.05) is 0 Å². The number of fused-ring (bicyclic) bond motifs is 1. The molecule has 0 spiro atoms. The van der Waals surface area contributed by atoms with Gasteiger partial charge in [0.05, 0.1) is 11.1 Å². The van der Waals surface area contributed by atoms with Gasteiger partial charge < -0.3 is 14.6 Å². The molecule has 0 unspecified atom stereocenters. The number of carboxylic acid groups (broad SMARTS) is 1. The highest BCUT2D eigenvalue weighted by atomic mass is 16.5. The van der Waals surface area contributed by atoms with Crippen LogP contribution in [0.25, 0.3) is 17.0 Å². The van der Waals surface area contributed by atoms with Crippen molar-refractivity contribution in [2.24, 2.45) is 0 Å². The van der Waals surface area contributed by atoms with E-state index in [9.17, 15) is 9.59 Å². The van der Waals surface area contributed by atoms with Crippen LogP contribution in [0.5, 0.6) is 17.2 Å². The number of nitrogens with zero attached hydrogens (tertiary/aromatic N) is 1. The molecule has 5 rings (SSSR count). The molecule has 0 saturated carbocycles. The van der Waals surface area contributed by atoms with Crippen LogP contribution in [0.15, 0.2) is 103 Å². The predicted molar refractivity (Wildman–Crippen MR) is 155 cm³/mol. The molecule has 0 saturated heterocycles. The highest BCUT2D eigenvalue weighted by Crippen LogP contribution is 2.36. The first kappa shape index (κ1) is 26.4. The number of aliphatic carboxylic acids is 1. The van der Waals surface area contributed by atoms with Crippen LogP contribution in [0.3, 0.4) is 0 Å². The first-order chi connectivity index (χ1) is 19.4. The number of carbonyl (C=O) groups excluding carboxylic acids is 1. The van der Waals surface area contributed by atoms with E-state index in [-0.39, 0.29) is 5.78 Å². The Hall–Kier alpha value is -5.23. The Bertz CT molecular complexity index is 1700. The molecular weight excluding hydrogens is 502 g/mol. The van der Waals surface area contributed by atoms with Crippen LogP contribution < -0.4 is 9.47 Å². The van der Waals surface area contributed by atoms with E-state index in [4.69, 9.17) is 14.6 Å². The van der Waals surface area contributed by atoms with Crippen molar-refractivity contribution in [3.63, 3.8) is 0 Å². The van der Waals surface area contributed by atoms with Crippen molar-refractivity contribution in [2.45, 2.75) is 20.5 Å². The van der Waals surface area contributed by atoms with Crippen LogP contribution in [0.4, 0.5) is 0 Å². The molecular formula is C34H27NO5. The highest BCUT2D eigenvalue weighted by Gasteiger charge is 2.20. The molecule has 0 aliphatic heterocycles. The van der Waals surface area contributed by atoms with Crippen molar-refractivity contribution in [1.29, 1.82) is 0 Å². The molecule has 40 heavy (non-hydrogen) atoms. The third kappa shape index (κ3) is 6.25. The number of ether oxygens (including phenoxy) is 2. The van der Waals surface area contributed by atoms with Crippen LogP contribution in [0.2, 0.25) is 0 Å². The Morgan fingerprint density at radius 2 is 1.55 bits per heavy atom. The zero-order valence-corrected chi connectivity index (χ0v) is 22.1. The summed E-state index contributed by atoms with van der Waals surface area (Å²) in [6.07, 6.45) is 4.12. The van der Waals surface area contributed by atoms with Gasteiger partial charge in [-0.05, 0) is 67.4 Å². The Morgan fingerprint density at radius 3 is 2.25 bits per heavy atom. The summed E-state index contributed by atoms with van der Waals surface area (Å²) in [4.78, 5) is 29.2. The minimum absolute atomic E-state index is 0.193. The molecule has 4 aromatic carbocycles. The lowest BCUT2D eigenvalue weighted by atomic mass is 9.98. The first-order valence-corrected chi connectivity index (χ1v) is 12.8. The molecule has 0 amide bonds. The molecule has 0 bridgehead atoms. The minimum atomic E-state index is -1.02. The average molecular weight is 530 g/mol. The second-order valence-corrected chi connectivity index (χ2v) is 9.50. The molecule has 6 nitrogen and oxygen atoms in total. The Kier molecular flexibility index (Phi) is 7.69. The Labute approximate surface area is 232 Å². The molecule has 0 aliphatic carbocycles. The van der Waals surface area contributed by atoms with Crippen LogP contribution in [-0.4, -0.2) is 21.8 Å². The number of carbonyl (C=O) groups is 2. The number of benzene rings is 4. The van der Waals surface area contributed by atoms with E-state index in [1.54, 1.807) is 30.5 Å². The summed E-state index contributed by atoms with van der Waals surface area (Å²) in [5.74, 6) is 0.320. The molecule has 5 aromatic rings. The molecule has 1 N–H and O–H groups in total. The van der Waals surface area contributed by atoms with Crippen LogP contribution >= 0.6 is 0 Å². The van der Waals surface area contributed by atoms with Gasteiger partial charge in [0.25, 0.3) is 0 Å². The van der Waals surface area contributed by atoms with E-state index < -0.39 is 5.97 Å². The molecule has 0 aliphatic rings. The second kappa shape index (κ2) is 11.7. The van der Waals surface area contributed by atoms with E-state index in [1.165, 1.54) is 6.08 Å². The molecule has 6 heteroatoms. The van der Waals surface area contributed by atoms with Gasteiger partial charge in [-0.15, -0.1) is 0 Å². The number of rotatable bonds is 9. The van der Waals surface area contributed by atoms with E-state index >= 15 is 0 Å². The number of hydrogen-bond donors (Lipinski definition) is 1. The van der Waals surface area contributed by atoms with E-state index in [0.717, 1.165) is 22.8 Å². The zero-order valence-electron chi connectivity index (χ0n) is 22.1. The molecule has 0 radical (unpaired) electrons. The van der Waals surface area contributed by atoms with Gasteiger partial charge >= 0.3 is 5.97 Å². The quantitative estimate of drug-likeness (QED) is 0.157. The monoisotopic (exact) mass is 529 g/mol. The Morgan fingerprint density at radius 1 is 0.850 bits per heavy atom. The lowest BCUT2D eigenvalue weighted by Gasteiger charge is -2.15. The average Bonchev–Trinajstić information content (AvgIpc) is 2.95. The van der Waals surface area contributed by atoms with Gasteiger partial charge in [0.2, 0.25) is 0 Å². The van der Waals surface area contributed by atoms with Gasteiger partial charge in [0.1, 0.15) is 23.9 Å². The van der Waals surface area contributed by atoms with Crippen molar-refractivity contribution in [3.8, 4) is 17.2 Å². The summed E-state index contributed by atoms with van der Waals surface area (Å²) >= 11 is 0. The van der Waals surface area contributed by atoms with Gasteiger partial charge in [-0.3, -0.25) is 9.78 Å². The normalized spacial score (nSPS) is 11.1. The number of hydrogen-bond acceptors (Lipinski definition) is 5. The number of aromatic nitrogens is 1. The lowest BCUT2D eigenvalue weighted by molar-refractivity contribution is -0.131. The largest absolute Gasteiger partial charge is 0.489 e. The summed E-state index contributed by atoms with van der Waals surface area (Å²) in [6.45, 7) is 4.33. The summed E-state index contributed by atoms with van der Waals surface area (Å²) in [5, 5.41) is 9.55. The third-order valence-corrected chi connectivity index (χ3v) is 6.29. The van der Waals surface area contributed by atoms with Gasteiger partial charge in [-0.1, -0.05) is 59.7 Å². The summed E-state index contributed by atoms with van der Waals surface area (Å²) in [7, 11) is 0. The maximum absolute atomic E-state index is 13.7. The standard InChI is InChI=1S/C34H27NO5/c1-22-16-23(2)18-26(17-22)33(38)30-20-35-31-19-28(39-21-25-6-4-3-5-7-25)13-14-29(31)34(30)40-27-11-8-24(9-12-27)10-15-32(36)37/h3-20H,21H2,1-2H3,(H,36,37)/b15-10+. The van der Waals surface area contributed by atoms with Gasteiger partial charge in [-0.25, -0.2) is 4.79 Å². The fraction of sp³-hybridized carbons (Fsp3) is 0.0882. The predicted octanol–water partition coefficient (Wildman–Crippen LogP) is 7.55. The van der Waals surface area contributed by atoms with Crippen LogP contribution in [0.1, 0.15) is 38.2 Å². The maximum Gasteiger partial charge on any atom is 0.328 e. The first-order valence-electron chi connectivity index (χ1n) is 12.8. The summed E-state index contributed by atoms with van der Waals surface area (Å²) in [6, 6.07) is 28.1. The van der Waals surface area contributed by atoms with E-state index in [2.05, 4.69) is 4.98 Å². The Balaban J connectivity index is 1.53. The molecule has 0 fully saturated rings. The molecule has 0 atom stereocenters. The van der Waals surface area contributed by atoms with Gasteiger partial charge in [-0.2, -0.15) is 0 Å². The second-order valence-electron chi connectivity index (χ2n) is 9.50. The number of pyridine rings is 1. The van der Waals surface area contributed by atoms with Crippen LogP contribution in [0, 0.1) is 13.8 Å². The van der Waals surface area contributed by atoms with E-state index in [0.29, 0.717) is 51.4 Å². The van der Waals surface area contributed by atoms with E-state index in [1.807, 2.05) is 80.6 Å². The van der Waals surface area contributed by atoms with Gasteiger partial charge in [0, 0.05) is 29.3 Å². The smallest absolute Gasteiger partial charge is 0.328 e. The van der Waals surface area contributed by atoms with Gasteiger partial charge in [0.15, 0.2) is 5.78 Å². The molecule has 198 valence electrons. The zero-order chi connectivity index (χ0) is 28.1. The number of aryl methyl sites for hydroxylation is 2. The number of carboxylic acids is 1. The topological polar surface area (TPSA) is 85.7 Å². The third-order valence-electron chi connectivity index (χ3n) is 6.29. The van der Waals surface area contributed by atoms with Crippen molar-refractivity contribution < 1.29 is 24.2 Å². The molecule has 1 aromatic heterocycles. The lowest BCUT2D eigenvalue weighted by Crippen LogP contribution is -2.06. The summed E-state index contributed by atoms with van der Waals surface area (Å²) in [5.41, 5.74) is 5.26. The number of ketones is 1. The SMILES string of the molecule is Cc1cc(C)cc(C(=O)c2cnc3cc(OCc4ccccc4)ccc3c2Oc2ccc(/C=C/C(=O)O)cc2)c1.